The van der Waals surface area contributed by atoms with Crippen LogP contribution in [0.2, 0.25) is 0 Å². The van der Waals surface area contributed by atoms with E-state index in [2.05, 4.69) is 10.6 Å². The first-order valence-corrected chi connectivity index (χ1v) is 10.3. The van der Waals surface area contributed by atoms with Gasteiger partial charge in [-0.15, -0.1) is 0 Å². The molecule has 3 aromatic carbocycles. The van der Waals surface area contributed by atoms with E-state index in [1.54, 1.807) is 17.0 Å². The number of rotatable bonds is 7. The molecule has 0 saturated heterocycles. The maximum atomic E-state index is 12.4. The molecule has 30 heavy (non-hydrogen) atoms. The summed E-state index contributed by atoms with van der Waals surface area (Å²) in [4.78, 5) is 14.2. The summed E-state index contributed by atoms with van der Waals surface area (Å²) in [6, 6.07) is 24.5. The Labute approximate surface area is 182 Å². The molecule has 0 aromatic heterocycles. The number of hydrogen-bond donors (Lipinski definition) is 2. The molecule has 0 saturated carbocycles. The lowest BCUT2D eigenvalue weighted by Gasteiger charge is -2.18. The van der Waals surface area contributed by atoms with Crippen LogP contribution in [0.15, 0.2) is 78.9 Å². The topological polar surface area (TPSA) is 53.6 Å². The number of hydrogen-bond acceptors (Lipinski definition) is 3. The molecule has 3 aromatic rings. The Hall–Kier alpha value is -3.38. The van der Waals surface area contributed by atoms with E-state index in [9.17, 15) is 4.79 Å². The van der Waals surface area contributed by atoms with Crippen molar-refractivity contribution in [2.45, 2.75) is 13.8 Å². The Balaban J connectivity index is 1.54. The number of anilines is 2. The summed E-state index contributed by atoms with van der Waals surface area (Å²) in [5.74, 6) is 1.57. The zero-order chi connectivity index (χ0) is 21.3. The molecule has 154 valence electrons. The molecular weight excluding hydrogens is 394 g/mol. The summed E-state index contributed by atoms with van der Waals surface area (Å²) in [5, 5.41) is 6.74. The third kappa shape index (κ3) is 5.81. The van der Waals surface area contributed by atoms with Crippen molar-refractivity contribution in [2.75, 3.05) is 23.7 Å². The molecular formula is C24H25N3O2S. The fraction of sp³-hybridized carbons (Fsp3) is 0.167. The lowest BCUT2D eigenvalue weighted by Crippen LogP contribution is -2.30. The van der Waals surface area contributed by atoms with Gasteiger partial charge in [-0.05, 0) is 86.7 Å². The monoisotopic (exact) mass is 419 g/mol. The minimum absolute atomic E-state index is 0.0325. The second kappa shape index (κ2) is 10.4. The number of nitrogens with zero attached hydrogens (tertiary/aromatic N) is 1. The fourth-order valence-corrected chi connectivity index (χ4v) is 3.15. The Kier molecular flexibility index (Phi) is 7.40. The molecule has 0 bridgehead atoms. The van der Waals surface area contributed by atoms with E-state index in [0.717, 1.165) is 22.9 Å². The highest BCUT2D eigenvalue weighted by atomic mass is 32.1. The summed E-state index contributed by atoms with van der Waals surface area (Å²) in [7, 11) is 0. The summed E-state index contributed by atoms with van der Waals surface area (Å²) in [5.41, 5.74) is 2.33. The second-order valence-corrected chi connectivity index (χ2v) is 6.98. The first-order valence-electron chi connectivity index (χ1n) is 9.89. The SMILES string of the molecule is CCN(CC)C(=O)c1ccc(NC(=S)Nc2ccc(Oc3ccccc3)cc2)cc1. The third-order valence-corrected chi connectivity index (χ3v) is 4.74. The predicted octanol–water partition coefficient (Wildman–Crippen LogP) is 5.77. The summed E-state index contributed by atoms with van der Waals surface area (Å²) in [6.45, 7) is 5.33. The normalized spacial score (nSPS) is 10.2. The molecule has 0 fully saturated rings. The van der Waals surface area contributed by atoms with E-state index < -0.39 is 0 Å². The van der Waals surface area contributed by atoms with Gasteiger partial charge in [-0.3, -0.25) is 4.79 Å². The number of ether oxygens (including phenoxy) is 1. The minimum Gasteiger partial charge on any atom is -0.457 e. The van der Waals surface area contributed by atoms with Gasteiger partial charge >= 0.3 is 0 Å². The zero-order valence-corrected chi connectivity index (χ0v) is 17.9. The van der Waals surface area contributed by atoms with Crippen molar-refractivity contribution < 1.29 is 9.53 Å². The van der Waals surface area contributed by atoms with Gasteiger partial charge in [-0.25, -0.2) is 0 Å². The highest BCUT2D eigenvalue weighted by Crippen LogP contribution is 2.22. The van der Waals surface area contributed by atoms with Crippen molar-refractivity contribution in [1.82, 2.24) is 4.90 Å². The standard InChI is InChI=1S/C24H25N3O2S/c1-3-27(4-2)23(28)18-10-12-19(13-11-18)25-24(30)26-20-14-16-22(17-15-20)29-21-8-6-5-7-9-21/h5-17H,3-4H2,1-2H3,(H2,25,26,30). The number of carbonyl (C=O) groups is 1. The van der Waals surface area contributed by atoms with Crippen LogP contribution in [0, 0.1) is 0 Å². The summed E-state index contributed by atoms with van der Waals surface area (Å²) in [6.07, 6.45) is 0. The van der Waals surface area contributed by atoms with Crippen molar-refractivity contribution in [3.63, 3.8) is 0 Å². The van der Waals surface area contributed by atoms with E-state index in [4.69, 9.17) is 17.0 Å². The lowest BCUT2D eigenvalue weighted by atomic mass is 10.2. The van der Waals surface area contributed by atoms with Crippen LogP contribution in [0.5, 0.6) is 11.5 Å². The number of amides is 1. The Morgan fingerprint density at radius 3 is 1.83 bits per heavy atom. The van der Waals surface area contributed by atoms with Gasteiger partial charge < -0.3 is 20.3 Å². The van der Waals surface area contributed by atoms with Crippen molar-refractivity contribution in [1.29, 1.82) is 0 Å². The largest absolute Gasteiger partial charge is 0.457 e. The van der Waals surface area contributed by atoms with Gasteiger partial charge in [0.05, 0.1) is 0 Å². The second-order valence-electron chi connectivity index (χ2n) is 6.57. The maximum Gasteiger partial charge on any atom is 0.253 e. The third-order valence-electron chi connectivity index (χ3n) is 4.53. The number of carbonyl (C=O) groups excluding carboxylic acids is 1. The number of benzene rings is 3. The number of nitrogens with one attached hydrogen (secondary N) is 2. The predicted molar refractivity (Wildman–Crippen MR) is 126 cm³/mol. The molecule has 0 atom stereocenters. The van der Waals surface area contributed by atoms with E-state index >= 15 is 0 Å². The van der Waals surface area contributed by atoms with Gasteiger partial charge in [0.1, 0.15) is 11.5 Å². The van der Waals surface area contributed by atoms with E-state index in [0.29, 0.717) is 23.8 Å². The van der Waals surface area contributed by atoms with Crippen LogP contribution in [0.3, 0.4) is 0 Å². The molecule has 0 aliphatic rings. The highest BCUT2D eigenvalue weighted by Gasteiger charge is 2.12. The zero-order valence-electron chi connectivity index (χ0n) is 17.1. The molecule has 6 heteroatoms. The van der Waals surface area contributed by atoms with E-state index in [1.807, 2.05) is 80.6 Å². The van der Waals surface area contributed by atoms with Gasteiger partial charge in [0, 0.05) is 30.0 Å². The smallest absolute Gasteiger partial charge is 0.253 e. The molecule has 0 spiro atoms. The number of para-hydroxylation sites is 1. The van der Waals surface area contributed by atoms with Crippen LogP contribution in [-0.2, 0) is 0 Å². The van der Waals surface area contributed by atoms with Crippen LogP contribution < -0.4 is 15.4 Å². The molecule has 3 rings (SSSR count). The van der Waals surface area contributed by atoms with Crippen LogP contribution in [0.1, 0.15) is 24.2 Å². The molecule has 0 aliphatic heterocycles. The quantitative estimate of drug-likeness (QED) is 0.476. The van der Waals surface area contributed by atoms with E-state index in [-0.39, 0.29) is 5.91 Å². The van der Waals surface area contributed by atoms with Crippen molar-refractivity contribution in [2.24, 2.45) is 0 Å². The highest BCUT2D eigenvalue weighted by molar-refractivity contribution is 7.80. The van der Waals surface area contributed by atoms with E-state index in [1.165, 1.54) is 0 Å². The Morgan fingerprint density at radius 2 is 1.30 bits per heavy atom. The number of thiocarbonyl (C=S) groups is 1. The lowest BCUT2D eigenvalue weighted by molar-refractivity contribution is 0.0773. The molecule has 2 N–H and O–H groups in total. The van der Waals surface area contributed by atoms with Crippen LogP contribution in [0.4, 0.5) is 11.4 Å². The van der Waals surface area contributed by atoms with Crippen LogP contribution >= 0.6 is 12.2 Å². The van der Waals surface area contributed by atoms with Crippen molar-refractivity contribution in [3.05, 3.63) is 84.4 Å². The fourth-order valence-electron chi connectivity index (χ4n) is 2.91. The van der Waals surface area contributed by atoms with Crippen LogP contribution in [0.25, 0.3) is 0 Å². The average molecular weight is 420 g/mol. The van der Waals surface area contributed by atoms with Gasteiger partial charge in [-0.2, -0.15) is 0 Å². The Morgan fingerprint density at radius 1 is 0.800 bits per heavy atom. The van der Waals surface area contributed by atoms with Crippen molar-refractivity contribution >= 4 is 34.6 Å². The van der Waals surface area contributed by atoms with Crippen LogP contribution in [-0.4, -0.2) is 29.0 Å². The van der Waals surface area contributed by atoms with Gasteiger partial charge in [-0.1, -0.05) is 18.2 Å². The first kappa shape index (κ1) is 21.3. The summed E-state index contributed by atoms with van der Waals surface area (Å²) >= 11 is 5.39. The minimum atomic E-state index is 0.0325. The van der Waals surface area contributed by atoms with Gasteiger partial charge in [0.25, 0.3) is 5.91 Å². The first-order chi connectivity index (χ1) is 14.6. The van der Waals surface area contributed by atoms with Gasteiger partial charge in [0.15, 0.2) is 5.11 Å². The molecule has 0 aliphatic carbocycles. The molecule has 0 radical (unpaired) electrons. The van der Waals surface area contributed by atoms with Gasteiger partial charge in [0.2, 0.25) is 0 Å². The summed E-state index contributed by atoms with van der Waals surface area (Å²) < 4.78 is 5.79. The Bertz CT molecular complexity index is 970. The van der Waals surface area contributed by atoms with Crippen molar-refractivity contribution in [3.8, 4) is 11.5 Å². The maximum absolute atomic E-state index is 12.4. The molecule has 0 unspecified atom stereocenters. The molecule has 5 nitrogen and oxygen atoms in total. The average Bonchev–Trinajstić information content (AvgIpc) is 2.77. The molecule has 1 amide bonds. The molecule has 0 heterocycles.